The van der Waals surface area contributed by atoms with Gasteiger partial charge in [-0.3, -0.25) is 4.83 Å². The Labute approximate surface area is 49.5 Å². The number of nitrogens with one attached hydrogen (secondary N) is 1. The van der Waals surface area contributed by atoms with Gasteiger partial charge in [-0.05, 0) is 5.92 Å². The van der Waals surface area contributed by atoms with Crippen LogP contribution in [0.15, 0.2) is 5.10 Å². The highest BCUT2D eigenvalue weighted by molar-refractivity contribution is 7.78. The lowest BCUT2D eigenvalue weighted by Crippen LogP contribution is -1.91. The molecule has 0 atom stereocenters. The number of thiol groups is 1. The van der Waals surface area contributed by atoms with Gasteiger partial charge in [0, 0.05) is 6.21 Å². The van der Waals surface area contributed by atoms with E-state index in [1.807, 2.05) is 0 Å². The van der Waals surface area contributed by atoms with E-state index in [0.29, 0.717) is 5.92 Å². The molecule has 0 saturated heterocycles. The molecule has 42 valence electrons. The Morgan fingerprint density at radius 2 is 2.29 bits per heavy atom. The Hall–Kier alpha value is -0.180. The van der Waals surface area contributed by atoms with Gasteiger partial charge in [-0.15, -0.1) is 0 Å². The monoisotopic (exact) mass is 118 g/mol. The second kappa shape index (κ2) is 3.99. The van der Waals surface area contributed by atoms with Crippen LogP contribution in [0.4, 0.5) is 0 Å². The maximum Gasteiger partial charge on any atom is 0.0278 e. The molecular formula is C4H10N2S. The smallest absolute Gasteiger partial charge is 0.0278 e. The molecule has 0 unspecified atom stereocenters. The van der Waals surface area contributed by atoms with Crippen LogP contribution >= 0.6 is 12.8 Å². The predicted octanol–water partition coefficient (Wildman–Crippen LogP) is 1.06. The van der Waals surface area contributed by atoms with E-state index < -0.39 is 0 Å². The SMILES string of the molecule is CC(C)/C=N/NS. The molecule has 1 N–H and O–H groups in total. The van der Waals surface area contributed by atoms with Crippen molar-refractivity contribution in [2.45, 2.75) is 13.8 Å². The summed E-state index contributed by atoms with van der Waals surface area (Å²) in [7, 11) is 0. The van der Waals surface area contributed by atoms with Crippen LogP contribution in [0, 0.1) is 5.92 Å². The lowest BCUT2D eigenvalue weighted by atomic mass is 10.3. The van der Waals surface area contributed by atoms with Gasteiger partial charge in [0.25, 0.3) is 0 Å². The first-order valence-corrected chi connectivity index (χ1v) is 2.64. The van der Waals surface area contributed by atoms with Crippen LogP contribution in [0.25, 0.3) is 0 Å². The van der Waals surface area contributed by atoms with E-state index in [9.17, 15) is 0 Å². The van der Waals surface area contributed by atoms with Gasteiger partial charge in [-0.2, -0.15) is 5.10 Å². The first-order chi connectivity index (χ1) is 3.27. The Kier molecular flexibility index (Phi) is 3.89. The third kappa shape index (κ3) is 5.82. The largest absolute Gasteiger partial charge is 0.255 e. The molecule has 0 spiro atoms. The van der Waals surface area contributed by atoms with Gasteiger partial charge in [-0.1, -0.05) is 26.7 Å². The minimum Gasteiger partial charge on any atom is -0.255 e. The lowest BCUT2D eigenvalue weighted by Gasteiger charge is -1.89. The molecule has 0 rings (SSSR count). The second-order valence-electron chi connectivity index (χ2n) is 1.62. The third-order valence-corrected chi connectivity index (χ3v) is 0.546. The highest BCUT2D eigenvalue weighted by Crippen LogP contribution is 1.82. The standard InChI is InChI=1S/C4H10N2S/c1-4(2)3-5-6-7/h3-4,6-7H,1-2H3/b5-3+. The van der Waals surface area contributed by atoms with E-state index in [-0.39, 0.29) is 0 Å². The van der Waals surface area contributed by atoms with Gasteiger partial charge in [-0.25, -0.2) is 0 Å². The van der Waals surface area contributed by atoms with Gasteiger partial charge in [0.15, 0.2) is 0 Å². The minimum atomic E-state index is 0.500. The fourth-order valence-electron chi connectivity index (χ4n) is 0.182. The third-order valence-electron chi connectivity index (χ3n) is 0.430. The van der Waals surface area contributed by atoms with Crippen molar-refractivity contribution in [2.75, 3.05) is 0 Å². The van der Waals surface area contributed by atoms with Crippen molar-refractivity contribution in [1.29, 1.82) is 0 Å². The first kappa shape index (κ1) is 6.82. The highest BCUT2D eigenvalue weighted by atomic mass is 32.1. The van der Waals surface area contributed by atoms with Crippen LogP contribution in [0.3, 0.4) is 0 Å². The van der Waals surface area contributed by atoms with E-state index in [0.717, 1.165) is 0 Å². The maximum absolute atomic E-state index is 3.66. The molecule has 0 aliphatic heterocycles. The lowest BCUT2D eigenvalue weighted by molar-refractivity contribution is 0.893. The molecule has 0 aromatic carbocycles. The van der Waals surface area contributed by atoms with Crippen LogP contribution in [0.1, 0.15) is 13.8 Å². The molecule has 0 amide bonds. The van der Waals surface area contributed by atoms with Crippen LogP contribution < -0.4 is 4.83 Å². The Morgan fingerprint density at radius 1 is 1.71 bits per heavy atom. The fraction of sp³-hybridized carbons (Fsp3) is 0.750. The zero-order chi connectivity index (χ0) is 5.70. The molecule has 0 aliphatic rings. The van der Waals surface area contributed by atoms with Crippen LogP contribution in [0.5, 0.6) is 0 Å². The fourth-order valence-corrected chi connectivity index (χ4v) is 0.249. The van der Waals surface area contributed by atoms with Crippen molar-refractivity contribution in [3.63, 3.8) is 0 Å². The molecule has 0 aromatic heterocycles. The van der Waals surface area contributed by atoms with Gasteiger partial charge < -0.3 is 0 Å². The average molecular weight is 118 g/mol. The molecule has 0 bridgehead atoms. The molecule has 2 nitrogen and oxygen atoms in total. The van der Waals surface area contributed by atoms with Crippen LogP contribution in [-0.4, -0.2) is 6.21 Å². The Morgan fingerprint density at radius 3 is 2.43 bits per heavy atom. The Bertz CT molecular complexity index is 60.7. The maximum atomic E-state index is 3.66. The van der Waals surface area contributed by atoms with Crippen molar-refractivity contribution >= 4 is 19.0 Å². The summed E-state index contributed by atoms with van der Waals surface area (Å²) in [6, 6.07) is 0. The topological polar surface area (TPSA) is 24.4 Å². The van der Waals surface area contributed by atoms with Gasteiger partial charge >= 0.3 is 0 Å². The van der Waals surface area contributed by atoms with Gasteiger partial charge in [0.05, 0.1) is 0 Å². The first-order valence-electron chi connectivity index (χ1n) is 2.19. The summed E-state index contributed by atoms with van der Waals surface area (Å²) in [5.74, 6) is 0.500. The average Bonchev–Trinajstić information content (AvgIpc) is 1.61. The van der Waals surface area contributed by atoms with Crippen molar-refractivity contribution in [3.05, 3.63) is 0 Å². The zero-order valence-electron chi connectivity index (χ0n) is 4.55. The summed E-state index contributed by atoms with van der Waals surface area (Å²) >= 11 is 3.65. The van der Waals surface area contributed by atoms with Gasteiger partial charge in [0.1, 0.15) is 0 Å². The van der Waals surface area contributed by atoms with E-state index >= 15 is 0 Å². The molecular weight excluding hydrogens is 108 g/mol. The summed E-state index contributed by atoms with van der Waals surface area (Å²) < 4.78 is 0. The summed E-state index contributed by atoms with van der Waals surface area (Å²) in [6.45, 7) is 4.10. The predicted molar refractivity (Wildman–Crippen MR) is 35.5 cm³/mol. The number of hydrogen-bond donors (Lipinski definition) is 2. The summed E-state index contributed by atoms with van der Waals surface area (Å²) in [6.07, 6.45) is 1.78. The van der Waals surface area contributed by atoms with E-state index in [1.54, 1.807) is 6.21 Å². The molecule has 0 aromatic rings. The normalized spacial score (nSPS) is 10.9. The van der Waals surface area contributed by atoms with Gasteiger partial charge in [0.2, 0.25) is 0 Å². The van der Waals surface area contributed by atoms with Crippen LogP contribution in [-0.2, 0) is 0 Å². The summed E-state index contributed by atoms with van der Waals surface area (Å²) in [5.41, 5.74) is 0. The molecule has 0 heterocycles. The van der Waals surface area contributed by atoms with Crippen molar-refractivity contribution < 1.29 is 0 Å². The second-order valence-corrected chi connectivity index (χ2v) is 1.82. The molecule has 3 heteroatoms. The van der Waals surface area contributed by atoms with Crippen molar-refractivity contribution in [3.8, 4) is 0 Å². The van der Waals surface area contributed by atoms with E-state index in [1.165, 1.54) is 0 Å². The molecule has 0 saturated carbocycles. The summed E-state index contributed by atoms with van der Waals surface area (Å²) in [5, 5.41) is 3.66. The van der Waals surface area contributed by atoms with Crippen molar-refractivity contribution in [1.82, 2.24) is 4.83 Å². The number of rotatable bonds is 2. The molecule has 7 heavy (non-hydrogen) atoms. The number of nitrogens with zero attached hydrogens (tertiary/aromatic N) is 1. The molecule has 0 fully saturated rings. The van der Waals surface area contributed by atoms with E-state index in [2.05, 4.69) is 36.6 Å². The molecule has 0 aliphatic carbocycles. The van der Waals surface area contributed by atoms with Crippen molar-refractivity contribution in [2.24, 2.45) is 11.0 Å². The number of hydrogen-bond acceptors (Lipinski definition) is 3. The quantitative estimate of drug-likeness (QED) is 0.316. The Balaban J connectivity index is 3.08. The van der Waals surface area contributed by atoms with E-state index in [4.69, 9.17) is 0 Å². The number of hydrazone groups is 1. The molecule has 0 radical (unpaired) electrons. The summed E-state index contributed by atoms with van der Waals surface area (Å²) in [4.78, 5) is 2.36. The van der Waals surface area contributed by atoms with Crippen LogP contribution in [0.2, 0.25) is 0 Å². The minimum absolute atomic E-state index is 0.500. The highest BCUT2D eigenvalue weighted by Gasteiger charge is 1.80. The zero-order valence-corrected chi connectivity index (χ0v) is 5.44.